The van der Waals surface area contributed by atoms with E-state index in [0.717, 1.165) is 26.1 Å². The van der Waals surface area contributed by atoms with Crippen LogP contribution in [-0.4, -0.2) is 43.7 Å². The molecule has 1 saturated heterocycles. The molecule has 0 aromatic heterocycles. The topological polar surface area (TPSA) is 24.5 Å². The minimum Gasteiger partial charge on any atom is -0.372 e. The first-order valence-corrected chi connectivity index (χ1v) is 8.52. The number of benzene rings is 1. The molecule has 116 valence electrons. The Hall–Kier alpha value is -0.900. The zero-order valence-electron chi connectivity index (χ0n) is 13.2. The van der Waals surface area contributed by atoms with Crippen LogP contribution in [0.3, 0.4) is 0 Å². The molecule has 3 nitrogen and oxygen atoms in total. The van der Waals surface area contributed by atoms with Crippen molar-refractivity contribution in [3.8, 4) is 0 Å². The molecule has 0 bridgehead atoms. The first kappa shape index (κ1) is 15.0. The molecule has 0 amide bonds. The van der Waals surface area contributed by atoms with Crippen LogP contribution in [0.15, 0.2) is 24.3 Å². The number of rotatable bonds is 6. The molecule has 2 aliphatic heterocycles. The lowest BCUT2D eigenvalue weighted by molar-refractivity contribution is 0.0143. The molecule has 2 aliphatic rings. The van der Waals surface area contributed by atoms with Crippen molar-refractivity contribution < 1.29 is 4.74 Å². The third-order valence-electron chi connectivity index (χ3n) is 4.70. The Bertz CT molecular complexity index is 443. The van der Waals surface area contributed by atoms with E-state index >= 15 is 0 Å². The third kappa shape index (κ3) is 3.85. The van der Waals surface area contributed by atoms with E-state index in [4.69, 9.17) is 4.74 Å². The van der Waals surface area contributed by atoms with Gasteiger partial charge in [-0.1, -0.05) is 31.2 Å². The van der Waals surface area contributed by atoms with E-state index in [2.05, 4.69) is 41.4 Å². The Morgan fingerprint density at radius 3 is 3.00 bits per heavy atom. The van der Waals surface area contributed by atoms with Crippen LogP contribution in [-0.2, 0) is 11.2 Å². The second-order valence-corrected chi connectivity index (χ2v) is 6.36. The van der Waals surface area contributed by atoms with Gasteiger partial charge in [-0.3, -0.25) is 4.90 Å². The minimum atomic E-state index is 0.253. The van der Waals surface area contributed by atoms with Gasteiger partial charge in [-0.25, -0.2) is 0 Å². The zero-order valence-corrected chi connectivity index (χ0v) is 13.2. The molecule has 1 aromatic carbocycles. The van der Waals surface area contributed by atoms with Gasteiger partial charge in [0.15, 0.2) is 0 Å². The molecule has 2 heterocycles. The van der Waals surface area contributed by atoms with Crippen LogP contribution in [0.2, 0.25) is 0 Å². The van der Waals surface area contributed by atoms with Crippen molar-refractivity contribution in [1.29, 1.82) is 0 Å². The highest BCUT2D eigenvalue weighted by atomic mass is 16.5. The summed E-state index contributed by atoms with van der Waals surface area (Å²) in [6.45, 7) is 7.68. The van der Waals surface area contributed by atoms with E-state index in [1.165, 1.54) is 43.5 Å². The Morgan fingerprint density at radius 2 is 2.19 bits per heavy atom. The standard InChI is InChI=1S/C18H28N2O/c1-2-11-20(13-16-7-5-10-19-16)14-18-17-8-4-3-6-15(17)9-12-21-18/h3-4,6,8,16,18-19H,2,5,7,9-14H2,1H3. The van der Waals surface area contributed by atoms with Gasteiger partial charge < -0.3 is 10.1 Å². The van der Waals surface area contributed by atoms with E-state index in [9.17, 15) is 0 Å². The normalized spacial score (nSPS) is 25.2. The summed E-state index contributed by atoms with van der Waals surface area (Å²) in [4.78, 5) is 2.59. The summed E-state index contributed by atoms with van der Waals surface area (Å²) in [5.74, 6) is 0. The fourth-order valence-corrected chi connectivity index (χ4v) is 3.66. The average Bonchev–Trinajstić information content (AvgIpc) is 3.01. The van der Waals surface area contributed by atoms with E-state index in [1.807, 2.05) is 0 Å². The van der Waals surface area contributed by atoms with Crippen LogP contribution < -0.4 is 5.32 Å². The molecule has 0 radical (unpaired) electrons. The SMILES string of the molecule is CCCN(CC1CCCN1)CC1OCCc2ccccc21. The molecule has 1 aromatic rings. The predicted molar refractivity (Wildman–Crippen MR) is 86.6 cm³/mol. The van der Waals surface area contributed by atoms with Gasteiger partial charge in [0.2, 0.25) is 0 Å². The number of fused-ring (bicyclic) bond motifs is 1. The lowest BCUT2D eigenvalue weighted by atomic mass is 9.97. The van der Waals surface area contributed by atoms with Crippen LogP contribution in [0.4, 0.5) is 0 Å². The van der Waals surface area contributed by atoms with Gasteiger partial charge >= 0.3 is 0 Å². The number of nitrogens with one attached hydrogen (secondary N) is 1. The van der Waals surface area contributed by atoms with Gasteiger partial charge in [0.1, 0.15) is 0 Å². The summed E-state index contributed by atoms with van der Waals surface area (Å²) in [5, 5.41) is 3.62. The van der Waals surface area contributed by atoms with Crippen molar-refractivity contribution >= 4 is 0 Å². The number of hydrogen-bond donors (Lipinski definition) is 1. The van der Waals surface area contributed by atoms with Crippen molar-refractivity contribution in [2.75, 3.05) is 32.8 Å². The maximum Gasteiger partial charge on any atom is 0.0954 e. The van der Waals surface area contributed by atoms with Crippen LogP contribution in [0, 0.1) is 0 Å². The zero-order chi connectivity index (χ0) is 14.5. The van der Waals surface area contributed by atoms with E-state index < -0.39 is 0 Å². The lowest BCUT2D eigenvalue weighted by Crippen LogP contribution is -2.41. The molecule has 2 atom stereocenters. The first-order chi connectivity index (χ1) is 10.4. The second-order valence-electron chi connectivity index (χ2n) is 6.36. The highest BCUT2D eigenvalue weighted by Gasteiger charge is 2.24. The van der Waals surface area contributed by atoms with Gasteiger partial charge in [-0.15, -0.1) is 0 Å². The molecule has 0 saturated carbocycles. The van der Waals surface area contributed by atoms with Crippen molar-refractivity contribution in [2.24, 2.45) is 0 Å². The summed E-state index contributed by atoms with van der Waals surface area (Å²) in [5.41, 5.74) is 2.88. The first-order valence-electron chi connectivity index (χ1n) is 8.52. The Labute approximate surface area is 128 Å². The maximum atomic E-state index is 6.08. The van der Waals surface area contributed by atoms with Gasteiger partial charge in [0.05, 0.1) is 12.7 Å². The molecule has 3 rings (SSSR count). The van der Waals surface area contributed by atoms with Crippen LogP contribution >= 0.6 is 0 Å². The van der Waals surface area contributed by atoms with E-state index in [-0.39, 0.29) is 6.10 Å². The molecular formula is C18H28N2O. The second kappa shape index (κ2) is 7.39. The van der Waals surface area contributed by atoms with Crippen LogP contribution in [0.1, 0.15) is 43.4 Å². The summed E-state index contributed by atoms with van der Waals surface area (Å²) in [7, 11) is 0. The van der Waals surface area contributed by atoms with Gasteiger partial charge in [0, 0.05) is 19.1 Å². The van der Waals surface area contributed by atoms with Gasteiger partial charge in [-0.2, -0.15) is 0 Å². The Balaban J connectivity index is 1.65. The Morgan fingerprint density at radius 1 is 1.29 bits per heavy atom. The average molecular weight is 288 g/mol. The largest absolute Gasteiger partial charge is 0.372 e. The fraction of sp³-hybridized carbons (Fsp3) is 0.667. The highest BCUT2D eigenvalue weighted by Crippen LogP contribution is 2.28. The molecule has 2 unspecified atom stereocenters. The summed E-state index contributed by atoms with van der Waals surface area (Å²) in [6, 6.07) is 9.47. The van der Waals surface area contributed by atoms with Gasteiger partial charge in [0.25, 0.3) is 0 Å². The maximum absolute atomic E-state index is 6.08. The lowest BCUT2D eigenvalue weighted by Gasteiger charge is -2.32. The van der Waals surface area contributed by atoms with E-state index in [0.29, 0.717) is 6.04 Å². The van der Waals surface area contributed by atoms with Crippen molar-refractivity contribution in [3.63, 3.8) is 0 Å². The molecule has 0 aliphatic carbocycles. The predicted octanol–water partition coefficient (Wildman–Crippen LogP) is 2.76. The minimum absolute atomic E-state index is 0.253. The summed E-state index contributed by atoms with van der Waals surface area (Å²) in [6.07, 6.45) is 5.17. The fourth-order valence-electron chi connectivity index (χ4n) is 3.66. The smallest absolute Gasteiger partial charge is 0.0954 e. The van der Waals surface area contributed by atoms with Crippen LogP contribution in [0.25, 0.3) is 0 Å². The van der Waals surface area contributed by atoms with Crippen molar-refractivity contribution in [1.82, 2.24) is 10.2 Å². The number of ether oxygens (including phenoxy) is 1. The van der Waals surface area contributed by atoms with Crippen molar-refractivity contribution in [3.05, 3.63) is 35.4 Å². The summed E-state index contributed by atoms with van der Waals surface area (Å²) >= 11 is 0. The monoisotopic (exact) mass is 288 g/mol. The highest BCUT2D eigenvalue weighted by molar-refractivity contribution is 5.31. The summed E-state index contributed by atoms with van der Waals surface area (Å²) < 4.78 is 6.08. The molecule has 21 heavy (non-hydrogen) atoms. The number of nitrogens with zero attached hydrogens (tertiary/aromatic N) is 1. The Kier molecular flexibility index (Phi) is 5.28. The molecule has 1 fully saturated rings. The molecular weight excluding hydrogens is 260 g/mol. The number of hydrogen-bond acceptors (Lipinski definition) is 3. The quantitative estimate of drug-likeness (QED) is 0.871. The van der Waals surface area contributed by atoms with Crippen molar-refractivity contribution in [2.45, 2.75) is 44.8 Å². The molecule has 0 spiro atoms. The third-order valence-corrected chi connectivity index (χ3v) is 4.70. The molecule has 3 heteroatoms. The van der Waals surface area contributed by atoms with E-state index in [1.54, 1.807) is 0 Å². The van der Waals surface area contributed by atoms with Crippen LogP contribution in [0.5, 0.6) is 0 Å². The molecule has 1 N–H and O–H groups in total. The van der Waals surface area contributed by atoms with Gasteiger partial charge in [-0.05, 0) is 49.9 Å².